The number of hydrogen-bond acceptors (Lipinski definition) is 5. The van der Waals surface area contributed by atoms with E-state index in [1.54, 1.807) is 50.6 Å². The zero-order chi connectivity index (χ0) is 19.6. The Morgan fingerprint density at radius 3 is 2.59 bits per heavy atom. The molecule has 0 saturated carbocycles. The maximum Gasteiger partial charge on any atom is 0.240 e. The van der Waals surface area contributed by atoms with Crippen molar-refractivity contribution in [3.05, 3.63) is 52.0 Å². The fourth-order valence-corrected chi connectivity index (χ4v) is 2.64. The molecule has 0 saturated heterocycles. The average molecular weight is 411 g/mol. The second-order valence-electron chi connectivity index (χ2n) is 5.43. The number of hydrazone groups is 1. The lowest BCUT2D eigenvalue weighted by molar-refractivity contribution is -0.121. The second-order valence-corrected chi connectivity index (χ2v) is 6.27. The number of carbonyl (C=O) groups excluding carboxylic acids is 1. The lowest BCUT2D eigenvalue weighted by Gasteiger charge is -2.08. The van der Waals surface area contributed by atoms with E-state index in [1.807, 2.05) is 0 Å². The average Bonchev–Trinajstić information content (AvgIpc) is 2.66. The van der Waals surface area contributed by atoms with E-state index in [9.17, 15) is 4.79 Å². The maximum atomic E-state index is 11.9. The van der Waals surface area contributed by atoms with E-state index < -0.39 is 0 Å². The quantitative estimate of drug-likeness (QED) is 0.379. The molecule has 0 spiro atoms. The summed E-state index contributed by atoms with van der Waals surface area (Å²) < 4.78 is 15.9. The van der Waals surface area contributed by atoms with Gasteiger partial charge in [-0.25, -0.2) is 5.43 Å². The minimum Gasteiger partial charge on any atom is -0.497 e. The van der Waals surface area contributed by atoms with Crippen molar-refractivity contribution in [2.45, 2.75) is 12.8 Å². The van der Waals surface area contributed by atoms with Gasteiger partial charge in [0.15, 0.2) is 0 Å². The Labute approximate surface area is 168 Å². The summed E-state index contributed by atoms with van der Waals surface area (Å²) in [6, 6.07) is 10.3. The molecule has 0 unspecified atom stereocenters. The van der Waals surface area contributed by atoms with Crippen molar-refractivity contribution in [1.82, 2.24) is 5.43 Å². The van der Waals surface area contributed by atoms with Gasteiger partial charge in [-0.15, -0.1) is 0 Å². The Hall–Kier alpha value is -2.44. The van der Waals surface area contributed by atoms with Crippen molar-refractivity contribution >= 4 is 35.3 Å². The van der Waals surface area contributed by atoms with E-state index in [4.69, 9.17) is 37.4 Å². The number of nitrogens with zero attached hydrogens (tertiary/aromatic N) is 1. The van der Waals surface area contributed by atoms with Crippen molar-refractivity contribution in [2.24, 2.45) is 5.10 Å². The van der Waals surface area contributed by atoms with Gasteiger partial charge in [-0.2, -0.15) is 5.10 Å². The van der Waals surface area contributed by atoms with Gasteiger partial charge in [0, 0.05) is 17.0 Å². The van der Waals surface area contributed by atoms with Crippen LogP contribution in [-0.2, 0) is 4.79 Å². The van der Waals surface area contributed by atoms with Crippen molar-refractivity contribution in [1.29, 1.82) is 0 Å². The van der Waals surface area contributed by atoms with Crippen LogP contribution in [0.2, 0.25) is 10.0 Å². The molecule has 0 aromatic heterocycles. The zero-order valence-electron chi connectivity index (χ0n) is 15.0. The van der Waals surface area contributed by atoms with E-state index in [0.717, 1.165) is 0 Å². The summed E-state index contributed by atoms with van der Waals surface area (Å²) in [6.07, 6.45) is 2.28. The minimum atomic E-state index is -0.223. The summed E-state index contributed by atoms with van der Waals surface area (Å²) in [5, 5.41) is 4.92. The second kappa shape index (κ2) is 10.6. The number of benzene rings is 2. The maximum absolute atomic E-state index is 11.9. The molecule has 0 aliphatic carbocycles. The van der Waals surface area contributed by atoms with Crippen molar-refractivity contribution in [2.75, 3.05) is 20.8 Å². The highest BCUT2D eigenvalue weighted by molar-refractivity contribution is 6.35. The van der Waals surface area contributed by atoms with Crippen LogP contribution in [0.4, 0.5) is 0 Å². The molecule has 27 heavy (non-hydrogen) atoms. The molecular formula is C19H20Cl2N2O4. The number of methoxy groups -OCH3 is 2. The smallest absolute Gasteiger partial charge is 0.240 e. The van der Waals surface area contributed by atoms with E-state index in [1.165, 1.54) is 6.21 Å². The van der Waals surface area contributed by atoms with Crippen molar-refractivity contribution in [3.63, 3.8) is 0 Å². The van der Waals surface area contributed by atoms with E-state index >= 15 is 0 Å². The third-order valence-electron chi connectivity index (χ3n) is 3.53. The fourth-order valence-electron chi connectivity index (χ4n) is 2.18. The molecule has 0 bridgehead atoms. The van der Waals surface area contributed by atoms with Gasteiger partial charge in [0.2, 0.25) is 5.91 Å². The van der Waals surface area contributed by atoms with Crippen LogP contribution in [0, 0.1) is 0 Å². The normalized spacial score (nSPS) is 10.7. The van der Waals surface area contributed by atoms with Crippen LogP contribution in [0.15, 0.2) is 41.5 Å². The Balaban J connectivity index is 1.77. The molecular weight excluding hydrogens is 391 g/mol. The molecule has 0 radical (unpaired) electrons. The van der Waals surface area contributed by atoms with Crippen LogP contribution in [-0.4, -0.2) is 32.9 Å². The SMILES string of the molecule is COc1ccc(OC)c(/C=N/NC(=O)CCCOc2ccc(Cl)cc2Cl)c1. The zero-order valence-corrected chi connectivity index (χ0v) is 16.5. The largest absolute Gasteiger partial charge is 0.497 e. The van der Waals surface area contributed by atoms with Gasteiger partial charge in [-0.05, 0) is 42.8 Å². The predicted octanol–water partition coefficient (Wildman–Crippen LogP) is 4.32. The first-order valence-electron chi connectivity index (χ1n) is 8.15. The van der Waals surface area contributed by atoms with Gasteiger partial charge in [0.25, 0.3) is 0 Å². The highest BCUT2D eigenvalue weighted by atomic mass is 35.5. The first-order valence-corrected chi connectivity index (χ1v) is 8.91. The molecule has 1 N–H and O–H groups in total. The highest BCUT2D eigenvalue weighted by Crippen LogP contribution is 2.27. The first-order chi connectivity index (χ1) is 13.0. The van der Waals surface area contributed by atoms with Gasteiger partial charge < -0.3 is 14.2 Å². The van der Waals surface area contributed by atoms with Gasteiger partial charge in [0.1, 0.15) is 17.2 Å². The van der Waals surface area contributed by atoms with Gasteiger partial charge in [0.05, 0.1) is 32.1 Å². The lowest BCUT2D eigenvalue weighted by atomic mass is 10.2. The number of hydrogen-bond donors (Lipinski definition) is 1. The van der Waals surface area contributed by atoms with Crippen LogP contribution < -0.4 is 19.6 Å². The predicted molar refractivity (Wildman–Crippen MR) is 106 cm³/mol. The van der Waals surface area contributed by atoms with Gasteiger partial charge in [-0.1, -0.05) is 23.2 Å². The van der Waals surface area contributed by atoms with E-state index in [2.05, 4.69) is 10.5 Å². The summed E-state index contributed by atoms with van der Waals surface area (Å²) in [5.41, 5.74) is 3.16. The standard InChI is InChI=1S/C19H20Cl2N2O4/c1-25-15-6-8-17(26-2)13(10-15)12-22-23-19(24)4-3-9-27-18-7-5-14(20)11-16(18)21/h5-8,10-12H,3-4,9H2,1-2H3,(H,23,24)/b22-12+. The Morgan fingerprint density at radius 2 is 1.89 bits per heavy atom. The van der Waals surface area contributed by atoms with Crippen LogP contribution in [0.1, 0.15) is 18.4 Å². The minimum absolute atomic E-state index is 0.223. The molecule has 0 atom stereocenters. The Bertz CT molecular complexity index is 812. The van der Waals surface area contributed by atoms with E-state index in [0.29, 0.717) is 45.9 Å². The topological polar surface area (TPSA) is 69.2 Å². The Kier molecular flexibility index (Phi) is 8.23. The molecule has 2 aromatic rings. The number of rotatable bonds is 9. The summed E-state index contributed by atoms with van der Waals surface area (Å²) in [5.74, 6) is 1.60. The molecule has 2 rings (SSSR count). The summed E-state index contributed by atoms with van der Waals surface area (Å²) in [7, 11) is 3.13. The van der Waals surface area contributed by atoms with Gasteiger partial charge >= 0.3 is 0 Å². The molecule has 0 aliphatic rings. The molecule has 1 amide bonds. The third kappa shape index (κ3) is 6.66. The van der Waals surface area contributed by atoms with Crippen LogP contribution >= 0.6 is 23.2 Å². The van der Waals surface area contributed by atoms with Crippen LogP contribution in [0.25, 0.3) is 0 Å². The number of halogens is 2. The molecule has 144 valence electrons. The number of carbonyl (C=O) groups is 1. The molecule has 0 heterocycles. The highest BCUT2D eigenvalue weighted by Gasteiger charge is 2.05. The molecule has 2 aromatic carbocycles. The summed E-state index contributed by atoms with van der Waals surface area (Å²) in [6.45, 7) is 0.349. The third-order valence-corrected chi connectivity index (χ3v) is 4.06. The molecule has 6 nitrogen and oxygen atoms in total. The molecule has 8 heteroatoms. The van der Waals surface area contributed by atoms with Gasteiger partial charge in [-0.3, -0.25) is 4.79 Å². The first kappa shape index (κ1) is 20.9. The van der Waals surface area contributed by atoms with Crippen molar-refractivity contribution < 1.29 is 19.0 Å². The lowest BCUT2D eigenvalue weighted by Crippen LogP contribution is -2.18. The molecule has 0 fully saturated rings. The number of ether oxygens (including phenoxy) is 3. The van der Waals surface area contributed by atoms with Crippen LogP contribution in [0.3, 0.4) is 0 Å². The van der Waals surface area contributed by atoms with E-state index in [-0.39, 0.29) is 12.3 Å². The monoisotopic (exact) mass is 410 g/mol. The fraction of sp³-hybridized carbons (Fsp3) is 0.263. The molecule has 0 aliphatic heterocycles. The number of nitrogens with one attached hydrogen (secondary N) is 1. The Morgan fingerprint density at radius 1 is 1.11 bits per heavy atom. The summed E-state index contributed by atoms with van der Waals surface area (Å²) >= 11 is 11.8. The summed E-state index contributed by atoms with van der Waals surface area (Å²) in [4.78, 5) is 11.9. The van der Waals surface area contributed by atoms with Crippen LogP contribution in [0.5, 0.6) is 17.2 Å². The number of amides is 1. The van der Waals surface area contributed by atoms with Crippen molar-refractivity contribution in [3.8, 4) is 17.2 Å².